The highest BCUT2D eigenvalue weighted by atomic mass is 32.2. The Balaban J connectivity index is 1.88. The number of hydrogen-bond donors (Lipinski definition) is 1. The van der Waals surface area contributed by atoms with E-state index in [9.17, 15) is 8.42 Å². The van der Waals surface area contributed by atoms with E-state index in [0.717, 1.165) is 12.8 Å². The van der Waals surface area contributed by atoms with Crippen LogP contribution in [0.3, 0.4) is 0 Å². The number of hydrogen-bond acceptors (Lipinski definition) is 3. The molecule has 1 aliphatic carbocycles. The van der Waals surface area contributed by atoms with Gasteiger partial charge in [0.1, 0.15) is 0 Å². The first-order chi connectivity index (χ1) is 8.00. The Morgan fingerprint density at radius 3 is 2.59 bits per heavy atom. The molecule has 1 saturated carbocycles. The average molecular weight is 260 g/mol. The van der Waals surface area contributed by atoms with Gasteiger partial charge in [-0.05, 0) is 38.5 Å². The highest BCUT2D eigenvalue weighted by Crippen LogP contribution is 2.25. The van der Waals surface area contributed by atoms with Crippen molar-refractivity contribution in [3.63, 3.8) is 0 Å². The van der Waals surface area contributed by atoms with Gasteiger partial charge in [-0.3, -0.25) is 0 Å². The molecule has 2 fully saturated rings. The zero-order valence-corrected chi connectivity index (χ0v) is 11.7. The third-order valence-electron chi connectivity index (χ3n) is 4.04. The summed E-state index contributed by atoms with van der Waals surface area (Å²) in [6.45, 7) is 5.49. The number of nitrogens with zero attached hydrogens (tertiary/aromatic N) is 1. The highest BCUT2D eigenvalue weighted by molar-refractivity contribution is 7.89. The van der Waals surface area contributed by atoms with E-state index in [1.54, 1.807) is 4.31 Å². The van der Waals surface area contributed by atoms with Gasteiger partial charge >= 0.3 is 0 Å². The summed E-state index contributed by atoms with van der Waals surface area (Å²) in [7, 11) is -3.06. The van der Waals surface area contributed by atoms with E-state index in [-0.39, 0.29) is 11.8 Å². The molecular weight excluding hydrogens is 236 g/mol. The van der Waals surface area contributed by atoms with Crippen molar-refractivity contribution in [2.24, 2.45) is 5.92 Å². The van der Waals surface area contributed by atoms with E-state index in [2.05, 4.69) is 12.2 Å². The third kappa shape index (κ3) is 3.42. The lowest BCUT2D eigenvalue weighted by molar-refractivity contribution is 0.202. The maximum absolute atomic E-state index is 12.2. The topological polar surface area (TPSA) is 49.4 Å². The summed E-state index contributed by atoms with van der Waals surface area (Å²) < 4.78 is 26.2. The second kappa shape index (κ2) is 5.24. The molecule has 4 nitrogen and oxygen atoms in total. The lowest BCUT2D eigenvalue weighted by Crippen LogP contribution is -2.47. The summed E-state index contributed by atoms with van der Waals surface area (Å²) in [6.07, 6.45) is 4.56. The fraction of sp³-hybridized carbons (Fsp3) is 1.00. The lowest BCUT2D eigenvalue weighted by Gasteiger charge is -2.36. The van der Waals surface area contributed by atoms with Gasteiger partial charge in [0, 0.05) is 25.2 Å². The zero-order valence-electron chi connectivity index (χ0n) is 10.9. The fourth-order valence-corrected chi connectivity index (χ4v) is 4.22. The zero-order chi connectivity index (χ0) is 12.5. The Morgan fingerprint density at radius 2 is 1.94 bits per heavy atom. The molecule has 0 aromatic heterocycles. The van der Waals surface area contributed by atoms with Crippen molar-refractivity contribution < 1.29 is 8.42 Å². The minimum Gasteiger partial charge on any atom is -0.313 e. The quantitative estimate of drug-likeness (QED) is 0.808. The number of sulfonamides is 1. The molecule has 0 aromatic rings. The Labute approximate surface area is 105 Å². The Hall–Kier alpha value is -0.130. The van der Waals surface area contributed by atoms with E-state index in [1.165, 1.54) is 12.8 Å². The van der Waals surface area contributed by atoms with Crippen LogP contribution in [0.5, 0.6) is 0 Å². The molecule has 17 heavy (non-hydrogen) atoms. The second-order valence-electron chi connectivity index (χ2n) is 5.52. The summed E-state index contributed by atoms with van der Waals surface area (Å²) in [6, 6.07) is 0.748. The second-order valence-corrected chi connectivity index (χ2v) is 7.56. The van der Waals surface area contributed by atoms with Crippen molar-refractivity contribution >= 4 is 10.0 Å². The van der Waals surface area contributed by atoms with Crippen LogP contribution in [0.4, 0.5) is 0 Å². The first kappa shape index (κ1) is 13.3. The average Bonchev–Trinajstić information content (AvgIpc) is 3.05. The molecule has 100 valence electrons. The predicted molar refractivity (Wildman–Crippen MR) is 69.4 cm³/mol. The smallest absolute Gasteiger partial charge is 0.215 e. The van der Waals surface area contributed by atoms with Gasteiger partial charge in [-0.15, -0.1) is 0 Å². The van der Waals surface area contributed by atoms with Crippen molar-refractivity contribution in [1.29, 1.82) is 0 Å². The van der Waals surface area contributed by atoms with E-state index in [4.69, 9.17) is 0 Å². The Bertz CT molecular complexity index is 352. The van der Waals surface area contributed by atoms with Crippen molar-refractivity contribution in [3.8, 4) is 0 Å². The van der Waals surface area contributed by atoms with Crippen molar-refractivity contribution in [2.75, 3.05) is 18.8 Å². The molecule has 0 spiro atoms. The van der Waals surface area contributed by atoms with E-state index < -0.39 is 10.0 Å². The van der Waals surface area contributed by atoms with Gasteiger partial charge < -0.3 is 5.32 Å². The molecule has 2 aliphatic rings. The van der Waals surface area contributed by atoms with Gasteiger partial charge in [0.05, 0.1) is 5.75 Å². The number of rotatable bonds is 5. The molecule has 2 atom stereocenters. The normalized spacial score (nSPS) is 31.6. The molecule has 1 aliphatic heterocycles. The van der Waals surface area contributed by atoms with E-state index in [1.807, 2.05) is 6.92 Å². The molecule has 2 rings (SSSR count). The first-order valence-corrected chi connectivity index (χ1v) is 8.34. The maximum Gasteiger partial charge on any atom is 0.215 e. The van der Waals surface area contributed by atoms with Crippen LogP contribution in [0.25, 0.3) is 0 Å². The minimum absolute atomic E-state index is 0.162. The molecular formula is C12H24N2O2S. The summed E-state index contributed by atoms with van der Waals surface area (Å²) in [5, 5.41) is 3.27. The monoisotopic (exact) mass is 260 g/mol. The van der Waals surface area contributed by atoms with Crippen LogP contribution in [-0.4, -0.2) is 43.6 Å². The highest BCUT2D eigenvalue weighted by Gasteiger charge is 2.33. The largest absolute Gasteiger partial charge is 0.313 e. The van der Waals surface area contributed by atoms with Gasteiger partial charge in [-0.2, -0.15) is 4.31 Å². The summed E-state index contributed by atoms with van der Waals surface area (Å²) in [5.74, 6) is 0.732. The van der Waals surface area contributed by atoms with Crippen molar-refractivity contribution in [2.45, 2.75) is 51.6 Å². The molecule has 1 N–H and O–H groups in total. The van der Waals surface area contributed by atoms with Gasteiger partial charge in [-0.25, -0.2) is 8.42 Å². The maximum atomic E-state index is 12.2. The van der Waals surface area contributed by atoms with Gasteiger partial charge in [0.15, 0.2) is 0 Å². The number of piperidine rings is 1. The van der Waals surface area contributed by atoms with E-state index in [0.29, 0.717) is 25.0 Å². The Kier molecular flexibility index (Phi) is 4.10. The standard InChI is InChI=1S/C12H24N2O2S/c1-10-4-3-8-14(11(10)2)17(15,16)9-7-13-12-5-6-12/h10-13H,3-9H2,1-2H3. The molecule has 0 aromatic carbocycles. The van der Waals surface area contributed by atoms with Crippen LogP contribution < -0.4 is 5.32 Å². The first-order valence-electron chi connectivity index (χ1n) is 6.73. The molecule has 0 bridgehead atoms. The summed E-state index contributed by atoms with van der Waals surface area (Å²) in [4.78, 5) is 0. The fourth-order valence-electron chi connectivity index (χ4n) is 2.49. The predicted octanol–water partition coefficient (Wildman–Crippen LogP) is 1.19. The summed E-state index contributed by atoms with van der Waals surface area (Å²) in [5.41, 5.74) is 0. The lowest BCUT2D eigenvalue weighted by atomic mass is 9.94. The van der Waals surface area contributed by atoms with Crippen molar-refractivity contribution in [3.05, 3.63) is 0 Å². The SMILES string of the molecule is CC1CCCN(S(=O)(=O)CCNC2CC2)C1C. The van der Waals surface area contributed by atoms with E-state index >= 15 is 0 Å². The third-order valence-corrected chi connectivity index (χ3v) is 5.99. The molecule has 1 heterocycles. The van der Waals surface area contributed by atoms with Gasteiger partial charge in [0.25, 0.3) is 0 Å². The van der Waals surface area contributed by atoms with Crippen LogP contribution >= 0.6 is 0 Å². The molecule has 0 amide bonds. The van der Waals surface area contributed by atoms with Crippen LogP contribution in [-0.2, 0) is 10.0 Å². The van der Waals surface area contributed by atoms with Crippen LogP contribution in [0, 0.1) is 5.92 Å². The Morgan fingerprint density at radius 1 is 1.24 bits per heavy atom. The van der Waals surface area contributed by atoms with Crippen LogP contribution in [0.15, 0.2) is 0 Å². The number of nitrogens with one attached hydrogen (secondary N) is 1. The molecule has 1 saturated heterocycles. The molecule has 5 heteroatoms. The van der Waals surface area contributed by atoms with Crippen LogP contribution in [0.1, 0.15) is 39.5 Å². The van der Waals surface area contributed by atoms with Gasteiger partial charge in [-0.1, -0.05) is 6.92 Å². The van der Waals surface area contributed by atoms with Crippen LogP contribution in [0.2, 0.25) is 0 Å². The van der Waals surface area contributed by atoms with Crippen molar-refractivity contribution in [1.82, 2.24) is 9.62 Å². The molecule has 0 radical (unpaired) electrons. The summed E-state index contributed by atoms with van der Waals surface area (Å²) >= 11 is 0. The molecule has 2 unspecified atom stereocenters. The van der Waals surface area contributed by atoms with Gasteiger partial charge in [0.2, 0.25) is 10.0 Å². The minimum atomic E-state index is -3.06.